The van der Waals surface area contributed by atoms with Gasteiger partial charge in [-0.2, -0.15) is 0 Å². The van der Waals surface area contributed by atoms with Crippen molar-refractivity contribution in [3.63, 3.8) is 0 Å². The van der Waals surface area contributed by atoms with Crippen molar-refractivity contribution in [1.29, 1.82) is 0 Å². The van der Waals surface area contributed by atoms with E-state index < -0.39 is 5.60 Å². The molecule has 5 nitrogen and oxygen atoms in total. The smallest absolute Gasteiger partial charge is 0.320 e. The van der Waals surface area contributed by atoms with Crippen LogP contribution < -0.4 is 5.32 Å². The maximum absolute atomic E-state index is 11.6. The quantitative estimate of drug-likeness (QED) is 0.835. The number of aromatic nitrogens is 1. The van der Waals surface area contributed by atoms with Gasteiger partial charge in [-0.3, -0.25) is 4.79 Å². The lowest BCUT2D eigenvalue weighted by molar-refractivity contribution is -0.153. The van der Waals surface area contributed by atoms with Crippen LogP contribution in [0.3, 0.4) is 0 Å². The molecular formula is C13H22N2O3. The molecule has 0 saturated carbocycles. The van der Waals surface area contributed by atoms with Crippen LogP contribution in [0.25, 0.3) is 0 Å². The predicted molar refractivity (Wildman–Crippen MR) is 68.2 cm³/mol. The van der Waals surface area contributed by atoms with E-state index >= 15 is 0 Å². The van der Waals surface area contributed by atoms with E-state index in [1.165, 1.54) is 0 Å². The van der Waals surface area contributed by atoms with E-state index in [0.717, 1.165) is 17.0 Å². The van der Waals surface area contributed by atoms with Gasteiger partial charge in [0, 0.05) is 11.6 Å². The minimum absolute atomic E-state index is 0.00349. The Labute approximate surface area is 108 Å². The summed E-state index contributed by atoms with van der Waals surface area (Å²) in [6.07, 6.45) is 0. The Kier molecular flexibility index (Phi) is 4.51. The highest BCUT2D eigenvalue weighted by molar-refractivity contribution is 5.72. The highest BCUT2D eigenvalue weighted by Gasteiger charge is 2.19. The van der Waals surface area contributed by atoms with Crippen LogP contribution in [0.1, 0.15) is 50.8 Å². The first-order chi connectivity index (χ1) is 8.20. The van der Waals surface area contributed by atoms with Gasteiger partial charge >= 0.3 is 5.97 Å². The molecule has 1 N–H and O–H groups in total. The van der Waals surface area contributed by atoms with Crippen LogP contribution in [0.2, 0.25) is 0 Å². The van der Waals surface area contributed by atoms with Gasteiger partial charge in [-0.15, -0.1) is 0 Å². The van der Waals surface area contributed by atoms with Crippen LogP contribution in [0.4, 0.5) is 0 Å². The van der Waals surface area contributed by atoms with Gasteiger partial charge in [0.2, 0.25) is 0 Å². The molecule has 1 aromatic rings. The molecule has 0 fully saturated rings. The van der Waals surface area contributed by atoms with Crippen LogP contribution in [0, 0.1) is 13.8 Å². The van der Waals surface area contributed by atoms with Gasteiger partial charge in [-0.1, -0.05) is 5.16 Å². The summed E-state index contributed by atoms with van der Waals surface area (Å²) >= 11 is 0. The van der Waals surface area contributed by atoms with Crippen LogP contribution in [-0.2, 0) is 9.53 Å². The molecule has 0 amide bonds. The highest BCUT2D eigenvalue weighted by atomic mass is 16.6. The van der Waals surface area contributed by atoms with Gasteiger partial charge in [0.25, 0.3) is 0 Å². The summed E-state index contributed by atoms with van der Waals surface area (Å²) in [6.45, 7) is 11.4. The van der Waals surface area contributed by atoms with Crippen molar-refractivity contribution in [1.82, 2.24) is 10.5 Å². The maximum atomic E-state index is 11.6. The van der Waals surface area contributed by atoms with Crippen LogP contribution in [0.15, 0.2) is 4.52 Å². The summed E-state index contributed by atoms with van der Waals surface area (Å²) in [4.78, 5) is 11.6. The molecule has 0 aliphatic rings. The molecule has 0 saturated heterocycles. The van der Waals surface area contributed by atoms with E-state index in [1.807, 2.05) is 41.5 Å². The predicted octanol–water partition coefficient (Wildman–Crippen LogP) is 2.28. The summed E-state index contributed by atoms with van der Waals surface area (Å²) in [5, 5.41) is 7.01. The number of nitrogens with one attached hydrogen (secondary N) is 1. The number of rotatable bonds is 4. The first-order valence-corrected chi connectivity index (χ1v) is 6.08. The molecule has 0 spiro atoms. The van der Waals surface area contributed by atoms with Crippen molar-refractivity contribution < 1.29 is 14.1 Å². The number of hydrogen-bond donors (Lipinski definition) is 1. The van der Waals surface area contributed by atoms with Gasteiger partial charge in [0.1, 0.15) is 11.4 Å². The molecule has 0 aromatic carbocycles. The summed E-state index contributed by atoms with van der Waals surface area (Å²) in [5.41, 5.74) is 1.39. The molecular weight excluding hydrogens is 232 g/mol. The third-order valence-electron chi connectivity index (χ3n) is 2.49. The maximum Gasteiger partial charge on any atom is 0.320 e. The van der Waals surface area contributed by atoms with E-state index in [2.05, 4.69) is 10.5 Å². The summed E-state index contributed by atoms with van der Waals surface area (Å²) in [7, 11) is 0. The lowest BCUT2D eigenvalue weighted by Crippen LogP contribution is -2.32. The van der Waals surface area contributed by atoms with Gasteiger partial charge < -0.3 is 14.6 Å². The Morgan fingerprint density at radius 2 is 2.06 bits per heavy atom. The second-order valence-electron chi connectivity index (χ2n) is 5.43. The van der Waals surface area contributed by atoms with E-state index in [1.54, 1.807) is 0 Å². The van der Waals surface area contributed by atoms with Gasteiger partial charge in [0.05, 0.1) is 12.2 Å². The second kappa shape index (κ2) is 5.52. The lowest BCUT2D eigenvalue weighted by atomic mass is 10.1. The molecule has 1 atom stereocenters. The number of esters is 1. The fourth-order valence-corrected chi connectivity index (χ4v) is 1.82. The summed E-state index contributed by atoms with van der Waals surface area (Å²) in [6, 6.07) is 0.00349. The third-order valence-corrected chi connectivity index (χ3v) is 2.49. The van der Waals surface area contributed by atoms with Gasteiger partial charge in [0.15, 0.2) is 0 Å². The first-order valence-electron chi connectivity index (χ1n) is 6.08. The zero-order valence-corrected chi connectivity index (χ0v) is 12.0. The van der Waals surface area contributed by atoms with Crippen LogP contribution in [-0.4, -0.2) is 23.3 Å². The first kappa shape index (κ1) is 14.7. The molecule has 0 radical (unpaired) electrons. The molecule has 102 valence electrons. The molecule has 0 bridgehead atoms. The van der Waals surface area contributed by atoms with Crippen molar-refractivity contribution in [2.24, 2.45) is 0 Å². The second-order valence-corrected chi connectivity index (χ2v) is 5.43. The minimum atomic E-state index is -0.453. The normalized spacial score (nSPS) is 13.4. The average Bonchev–Trinajstić information content (AvgIpc) is 2.53. The van der Waals surface area contributed by atoms with Crippen molar-refractivity contribution >= 4 is 5.97 Å². The summed E-state index contributed by atoms with van der Waals surface area (Å²) in [5.74, 6) is 0.512. The molecule has 1 rings (SSSR count). The van der Waals surface area contributed by atoms with Crippen molar-refractivity contribution in [3.05, 3.63) is 17.0 Å². The molecule has 1 unspecified atom stereocenters. The van der Waals surface area contributed by atoms with Gasteiger partial charge in [-0.05, 0) is 41.5 Å². The molecule has 1 heterocycles. The van der Waals surface area contributed by atoms with Gasteiger partial charge in [-0.25, -0.2) is 0 Å². The van der Waals surface area contributed by atoms with Crippen LogP contribution in [0.5, 0.6) is 0 Å². The average molecular weight is 254 g/mol. The molecule has 0 aliphatic carbocycles. The topological polar surface area (TPSA) is 64.4 Å². The highest BCUT2D eigenvalue weighted by Crippen LogP contribution is 2.20. The number of nitrogens with zero attached hydrogens (tertiary/aromatic N) is 1. The zero-order valence-electron chi connectivity index (χ0n) is 12.0. The molecule has 18 heavy (non-hydrogen) atoms. The third kappa shape index (κ3) is 4.14. The fourth-order valence-electron chi connectivity index (χ4n) is 1.82. The van der Waals surface area contributed by atoms with Crippen molar-refractivity contribution in [2.45, 2.75) is 53.2 Å². The number of carbonyl (C=O) groups is 1. The number of hydrogen-bond acceptors (Lipinski definition) is 5. The van der Waals surface area contributed by atoms with E-state index in [0.29, 0.717) is 0 Å². The molecule has 0 aliphatic heterocycles. The number of carbonyl (C=O) groups excluding carboxylic acids is 1. The van der Waals surface area contributed by atoms with E-state index in [9.17, 15) is 4.79 Å². The fraction of sp³-hybridized carbons (Fsp3) is 0.692. The Morgan fingerprint density at radius 1 is 1.44 bits per heavy atom. The summed E-state index contributed by atoms with van der Waals surface area (Å²) < 4.78 is 10.3. The van der Waals surface area contributed by atoms with E-state index in [4.69, 9.17) is 9.26 Å². The Morgan fingerprint density at radius 3 is 2.50 bits per heavy atom. The van der Waals surface area contributed by atoms with Crippen molar-refractivity contribution in [3.8, 4) is 0 Å². The Balaban J connectivity index is 2.52. The Hall–Kier alpha value is -1.36. The van der Waals surface area contributed by atoms with Crippen LogP contribution >= 0.6 is 0 Å². The standard InChI is InChI=1S/C13H22N2O3/c1-8(12-9(2)15-18-10(12)3)14-7-11(16)17-13(4,5)6/h8,14H,7H2,1-6H3. The molecule has 5 heteroatoms. The lowest BCUT2D eigenvalue weighted by Gasteiger charge is -2.20. The van der Waals surface area contributed by atoms with Crippen molar-refractivity contribution in [2.75, 3.05) is 6.54 Å². The Bertz CT molecular complexity index is 399. The number of ether oxygens (including phenoxy) is 1. The number of aryl methyl sites for hydroxylation is 2. The van der Waals surface area contributed by atoms with E-state index in [-0.39, 0.29) is 18.6 Å². The minimum Gasteiger partial charge on any atom is -0.459 e. The molecule has 1 aromatic heterocycles. The largest absolute Gasteiger partial charge is 0.459 e. The zero-order chi connectivity index (χ0) is 13.9. The monoisotopic (exact) mass is 254 g/mol. The SMILES string of the molecule is Cc1noc(C)c1C(C)NCC(=O)OC(C)(C)C.